The number of nitrogens with zero attached hydrogens (tertiary/aromatic N) is 1. The Kier molecular flexibility index (Phi) is 8.39. The highest BCUT2D eigenvalue weighted by Crippen LogP contribution is 2.38. The van der Waals surface area contributed by atoms with E-state index in [2.05, 4.69) is 4.74 Å². The van der Waals surface area contributed by atoms with Crippen LogP contribution < -0.4 is 0 Å². The molecular weight excluding hydrogens is 383 g/mol. The third kappa shape index (κ3) is 7.16. The van der Waals surface area contributed by atoms with Gasteiger partial charge in [0.2, 0.25) is 0 Å². The molecule has 28 heavy (non-hydrogen) atoms. The standard InChI is InChI=1S/C18H22F3NO6/c1-4-27-16(23)9-17(24)28-10-13(7-11(2)3)12-5-6-15(22(25)26)14(8-12)18(19,20)21/h5-6,8,11,13H,4,7,9-10H2,1-3H3. The zero-order valence-electron chi connectivity index (χ0n) is 15.7. The van der Waals surface area contributed by atoms with Gasteiger partial charge in [0.15, 0.2) is 0 Å². The zero-order chi connectivity index (χ0) is 21.5. The minimum Gasteiger partial charge on any atom is -0.466 e. The Bertz CT molecular complexity index is 718. The Balaban J connectivity index is 3.05. The highest BCUT2D eigenvalue weighted by molar-refractivity contribution is 5.91. The number of benzene rings is 1. The number of halogens is 3. The summed E-state index contributed by atoms with van der Waals surface area (Å²) in [6.07, 6.45) is -5.13. The van der Waals surface area contributed by atoms with Crippen LogP contribution in [0.4, 0.5) is 18.9 Å². The third-order valence-electron chi connectivity index (χ3n) is 3.79. The summed E-state index contributed by atoms with van der Waals surface area (Å²) in [6.45, 7) is 5.10. The molecule has 0 bridgehead atoms. The van der Waals surface area contributed by atoms with Crippen LogP contribution in [0, 0.1) is 16.0 Å². The maximum absolute atomic E-state index is 13.2. The number of carbonyl (C=O) groups is 2. The Hall–Kier alpha value is -2.65. The van der Waals surface area contributed by atoms with Crippen LogP contribution in [0.1, 0.15) is 50.7 Å². The van der Waals surface area contributed by atoms with Gasteiger partial charge < -0.3 is 9.47 Å². The van der Waals surface area contributed by atoms with Gasteiger partial charge in [-0.1, -0.05) is 19.9 Å². The summed E-state index contributed by atoms with van der Waals surface area (Å²) in [4.78, 5) is 32.8. The summed E-state index contributed by atoms with van der Waals surface area (Å²) in [6, 6.07) is 2.73. The number of esters is 2. The molecular formula is C18H22F3NO6. The summed E-state index contributed by atoms with van der Waals surface area (Å²) in [7, 11) is 0. The molecule has 0 saturated heterocycles. The predicted molar refractivity (Wildman–Crippen MR) is 92.5 cm³/mol. The maximum Gasteiger partial charge on any atom is 0.423 e. The molecule has 1 unspecified atom stereocenters. The van der Waals surface area contributed by atoms with Crippen molar-refractivity contribution in [3.8, 4) is 0 Å². The summed E-state index contributed by atoms with van der Waals surface area (Å²) < 4.78 is 49.3. The number of rotatable bonds is 9. The fourth-order valence-electron chi connectivity index (χ4n) is 2.64. The van der Waals surface area contributed by atoms with Crippen molar-refractivity contribution in [3.05, 3.63) is 39.4 Å². The number of nitro groups is 1. The van der Waals surface area contributed by atoms with Gasteiger partial charge in [-0.05, 0) is 30.9 Å². The van der Waals surface area contributed by atoms with Gasteiger partial charge in [0.05, 0.1) is 18.1 Å². The Morgan fingerprint density at radius 2 is 1.79 bits per heavy atom. The third-order valence-corrected chi connectivity index (χ3v) is 3.79. The number of carbonyl (C=O) groups excluding carboxylic acids is 2. The van der Waals surface area contributed by atoms with E-state index in [4.69, 9.17) is 4.74 Å². The molecule has 0 saturated carbocycles. The van der Waals surface area contributed by atoms with Gasteiger partial charge in [0.1, 0.15) is 12.0 Å². The van der Waals surface area contributed by atoms with Crippen molar-refractivity contribution in [1.82, 2.24) is 0 Å². The fraction of sp³-hybridized carbons (Fsp3) is 0.556. The van der Waals surface area contributed by atoms with E-state index in [1.807, 2.05) is 13.8 Å². The molecule has 0 amide bonds. The minimum atomic E-state index is -4.90. The van der Waals surface area contributed by atoms with Gasteiger partial charge in [-0.2, -0.15) is 13.2 Å². The van der Waals surface area contributed by atoms with E-state index in [0.717, 1.165) is 6.07 Å². The van der Waals surface area contributed by atoms with E-state index in [0.29, 0.717) is 12.5 Å². The molecule has 0 spiro atoms. The van der Waals surface area contributed by atoms with Crippen molar-refractivity contribution in [3.63, 3.8) is 0 Å². The Morgan fingerprint density at radius 3 is 2.29 bits per heavy atom. The molecule has 0 heterocycles. The molecule has 1 aromatic rings. The highest BCUT2D eigenvalue weighted by Gasteiger charge is 2.39. The molecule has 0 aliphatic carbocycles. The molecule has 156 valence electrons. The lowest BCUT2D eigenvalue weighted by Gasteiger charge is -2.20. The number of hydrogen-bond acceptors (Lipinski definition) is 6. The Morgan fingerprint density at radius 1 is 1.18 bits per heavy atom. The van der Waals surface area contributed by atoms with E-state index >= 15 is 0 Å². The molecule has 0 radical (unpaired) electrons. The first-order chi connectivity index (χ1) is 13.0. The van der Waals surface area contributed by atoms with Gasteiger partial charge in [0, 0.05) is 12.0 Å². The molecule has 1 atom stereocenters. The number of alkyl halides is 3. The van der Waals surface area contributed by atoms with Crippen LogP contribution in [0.2, 0.25) is 0 Å². The molecule has 1 rings (SSSR count). The monoisotopic (exact) mass is 405 g/mol. The smallest absolute Gasteiger partial charge is 0.423 e. The molecule has 7 nitrogen and oxygen atoms in total. The summed E-state index contributed by atoms with van der Waals surface area (Å²) in [5.74, 6) is -2.18. The lowest BCUT2D eigenvalue weighted by atomic mass is 9.89. The van der Waals surface area contributed by atoms with Crippen molar-refractivity contribution < 1.29 is 37.2 Å². The molecule has 0 aromatic heterocycles. The van der Waals surface area contributed by atoms with E-state index in [-0.39, 0.29) is 24.7 Å². The first kappa shape index (κ1) is 23.4. The highest BCUT2D eigenvalue weighted by atomic mass is 19.4. The Labute approximate surface area is 160 Å². The number of ether oxygens (including phenoxy) is 2. The minimum absolute atomic E-state index is 0.0540. The van der Waals surface area contributed by atoms with Gasteiger partial charge in [0.25, 0.3) is 5.69 Å². The van der Waals surface area contributed by atoms with Crippen molar-refractivity contribution >= 4 is 17.6 Å². The van der Waals surface area contributed by atoms with Gasteiger partial charge >= 0.3 is 18.1 Å². The molecule has 10 heteroatoms. The van der Waals surface area contributed by atoms with Crippen LogP contribution in [0.15, 0.2) is 18.2 Å². The van der Waals surface area contributed by atoms with Crippen LogP contribution >= 0.6 is 0 Å². The van der Waals surface area contributed by atoms with Gasteiger partial charge in [-0.15, -0.1) is 0 Å². The first-order valence-electron chi connectivity index (χ1n) is 8.62. The average molecular weight is 405 g/mol. The average Bonchev–Trinajstić information content (AvgIpc) is 2.57. The largest absolute Gasteiger partial charge is 0.466 e. The predicted octanol–water partition coefficient (Wildman–Crippen LogP) is 4.24. The zero-order valence-corrected chi connectivity index (χ0v) is 15.7. The number of nitro benzene ring substituents is 1. The van der Waals surface area contributed by atoms with Crippen LogP contribution in [-0.4, -0.2) is 30.1 Å². The maximum atomic E-state index is 13.2. The second kappa shape index (κ2) is 10.0. The normalized spacial score (nSPS) is 12.5. The van der Waals surface area contributed by atoms with Crippen molar-refractivity contribution in [2.24, 2.45) is 5.92 Å². The van der Waals surface area contributed by atoms with Crippen LogP contribution in [0.5, 0.6) is 0 Å². The lowest BCUT2D eigenvalue weighted by Crippen LogP contribution is -2.19. The second-order valence-electron chi connectivity index (χ2n) is 6.52. The van der Waals surface area contributed by atoms with E-state index in [1.54, 1.807) is 6.92 Å². The van der Waals surface area contributed by atoms with Gasteiger partial charge in [-0.3, -0.25) is 19.7 Å². The molecule has 0 N–H and O–H groups in total. The van der Waals surface area contributed by atoms with Crippen LogP contribution in [0.25, 0.3) is 0 Å². The molecule has 1 aromatic carbocycles. The first-order valence-corrected chi connectivity index (χ1v) is 8.62. The molecule has 0 aliphatic heterocycles. The van der Waals surface area contributed by atoms with E-state index in [1.165, 1.54) is 6.07 Å². The van der Waals surface area contributed by atoms with E-state index in [9.17, 15) is 32.9 Å². The summed E-state index contributed by atoms with van der Waals surface area (Å²) in [5.41, 5.74) is -2.24. The summed E-state index contributed by atoms with van der Waals surface area (Å²) >= 11 is 0. The molecule has 0 fully saturated rings. The quantitative estimate of drug-likeness (QED) is 0.264. The SMILES string of the molecule is CCOC(=O)CC(=O)OCC(CC(C)C)c1ccc([N+](=O)[O-])c(C(F)(F)F)c1. The topological polar surface area (TPSA) is 95.7 Å². The second-order valence-corrected chi connectivity index (χ2v) is 6.52. The van der Waals surface area contributed by atoms with Crippen molar-refractivity contribution in [2.45, 2.75) is 45.7 Å². The van der Waals surface area contributed by atoms with Gasteiger partial charge in [-0.25, -0.2) is 0 Å². The van der Waals surface area contributed by atoms with Crippen LogP contribution in [0.3, 0.4) is 0 Å². The van der Waals surface area contributed by atoms with E-state index < -0.39 is 46.6 Å². The van der Waals surface area contributed by atoms with Crippen molar-refractivity contribution in [1.29, 1.82) is 0 Å². The fourth-order valence-corrected chi connectivity index (χ4v) is 2.64. The van der Waals surface area contributed by atoms with Crippen molar-refractivity contribution in [2.75, 3.05) is 13.2 Å². The number of hydrogen-bond donors (Lipinski definition) is 0. The van der Waals surface area contributed by atoms with Crippen LogP contribution in [-0.2, 0) is 25.2 Å². The lowest BCUT2D eigenvalue weighted by molar-refractivity contribution is -0.388. The molecule has 0 aliphatic rings. The summed E-state index contributed by atoms with van der Waals surface area (Å²) in [5, 5.41) is 10.9.